The lowest BCUT2D eigenvalue weighted by molar-refractivity contribution is 0.0686. The van der Waals surface area contributed by atoms with Crippen molar-refractivity contribution in [2.24, 2.45) is 10.7 Å². The fourth-order valence-corrected chi connectivity index (χ4v) is 4.32. The quantitative estimate of drug-likeness (QED) is 0.0754. The van der Waals surface area contributed by atoms with E-state index in [0.717, 1.165) is 22.4 Å². The van der Waals surface area contributed by atoms with Gasteiger partial charge in [0, 0.05) is 17.9 Å². The summed E-state index contributed by atoms with van der Waals surface area (Å²) in [6.45, 7) is 0.679. The van der Waals surface area contributed by atoms with Gasteiger partial charge in [-0.3, -0.25) is 10.4 Å². The van der Waals surface area contributed by atoms with Gasteiger partial charge in [0.15, 0.2) is 5.96 Å². The van der Waals surface area contributed by atoms with E-state index in [2.05, 4.69) is 10.6 Å². The topological polar surface area (TPSA) is 179 Å². The Morgan fingerprint density at radius 2 is 1.57 bits per heavy atom. The van der Waals surface area contributed by atoms with Crippen LogP contribution in [0.2, 0.25) is 0 Å². The van der Waals surface area contributed by atoms with E-state index >= 15 is 0 Å². The Morgan fingerprint density at radius 3 is 2.23 bits per heavy atom. The van der Waals surface area contributed by atoms with E-state index in [0.29, 0.717) is 35.5 Å². The van der Waals surface area contributed by atoms with Crippen molar-refractivity contribution < 1.29 is 19.8 Å². The minimum atomic E-state index is -1.01. The molecule has 40 heavy (non-hydrogen) atoms. The Bertz CT molecular complexity index is 1780. The molecule has 0 unspecified atom stereocenters. The van der Waals surface area contributed by atoms with E-state index in [1.165, 1.54) is 12.1 Å². The van der Waals surface area contributed by atoms with Crippen LogP contribution in [0.25, 0.3) is 28.1 Å². The van der Waals surface area contributed by atoms with Gasteiger partial charge in [-0.25, -0.2) is 14.6 Å². The standard InChI is InChI=1S/C29H25N7O4/c30-29(31)33-14-13-32-22-16-26-24(15-23(22)34-19-9-5-17(6-10-19)27(37)38)35-21-3-1-2-4-25(21)36(26)20-11-7-18(8-12-20)28(39)40/h1-12,15-16,34H,13-14H2,(H,37,38)(H,39,40)(H4,30,31,33)/b32-22+. The number of carboxylic acids is 2. The molecule has 0 fully saturated rings. The van der Waals surface area contributed by atoms with Crippen LogP contribution in [0, 0.1) is 5.41 Å². The number of aromatic carboxylic acids is 2. The van der Waals surface area contributed by atoms with E-state index < -0.39 is 11.9 Å². The fourth-order valence-electron chi connectivity index (χ4n) is 4.32. The Kier molecular flexibility index (Phi) is 7.10. The van der Waals surface area contributed by atoms with Gasteiger partial charge in [-0.1, -0.05) is 12.1 Å². The van der Waals surface area contributed by atoms with Gasteiger partial charge in [0.1, 0.15) is 0 Å². The average molecular weight is 536 g/mol. The van der Waals surface area contributed by atoms with E-state index in [1.54, 1.807) is 36.4 Å². The van der Waals surface area contributed by atoms with Crippen LogP contribution in [0.3, 0.4) is 0 Å². The molecule has 200 valence electrons. The number of hydrogen-bond donors (Lipinski definition) is 6. The molecule has 0 saturated heterocycles. The lowest BCUT2D eigenvalue weighted by Gasteiger charge is -2.20. The van der Waals surface area contributed by atoms with E-state index in [1.807, 2.05) is 41.0 Å². The van der Waals surface area contributed by atoms with Crippen molar-refractivity contribution in [1.82, 2.24) is 14.9 Å². The van der Waals surface area contributed by atoms with Crippen LogP contribution in [0.1, 0.15) is 20.7 Å². The second kappa shape index (κ2) is 11.0. The number of nitrogens with two attached hydrogens (primary N) is 1. The summed E-state index contributed by atoms with van der Waals surface area (Å²) in [5, 5.41) is 32.6. The third-order valence-electron chi connectivity index (χ3n) is 6.19. The van der Waals surface area contributed by atoms with Crippen molar-refractivity contribution in [3.8, 4) is 17.1 Å². The van der Waals surface area contributed by atoms with Gasteiger partial charge in [-0.2, -0.15) is 0 Å². The Morgan fingerprint density at radius 1 is 0.925 bits per heavy atom. The number of guanidine groups is 1. The first-order chi connectivity index (χ1) is 19.3. The van der Waals surface area contributed by atoms with Crippen LogP contribution in [-0.4, -0.2) is 50.8 Å². The first-order valence-corrected chi connectivity index (χ1v) is 12.3. The molecule has 1 aliphatic carbocycles. The summed E-state index contributed by atoms with van der Waals surface area (Å²) >= 11 is 0. The van der Waals surface area contributed by atoms with Gasteiger partial charge < -0.3 is 31.1 Å². The highest BCUT2D eigenvalue weighted by molar-refractivity contribution is 5.89. The Labute approximate surface area is 228 Å². The van der Waals surface area contributed by atoms with Crippen molar-refractivity contribution in [3.63, 3.8) is 0 Å². The number of rotatable bonds is 8. The first kappa shape index (κ1) is 25.9. The molecule has 0 bridgehead atoms. The number of nitrogens with zero attached hydrogens (tertiary/aromatic N) is 3. The van der Waals surface area contributed by atoms with Crippen LogP contribution in [-0.2, 0) is 0 Å². The lowest BCUT2D eigenvalue weighted by Crippen LogP contribution is -2.32. The number of nitrogens with one attached hydrogen (secondary N) is 3. The van der Waals surface area contributed by atoms with Crippen molar-refractivity contribution in [2.75, 3.05) is 18.4 Å². The highest BCUT2D eigenvalue weighted by Crippen LogP contribution is 2.30. The second-order valence-corrected chi connectivity index (χ2v) is 8.88. The van der Waals surface area contributed by atoms with Crippen molar-refractivity contribution in [2.45, 2.75) is 0 Å². The van der Waals surface area contributed by atoms with Crippen LogP contribution in [0.15, 0.2) is 89.9 Å². The van der Waals surface area contributed by atoms with Crippen LogP contribution >= 0.6 is 0 Å². The molecule has 0 radical (unpaired) electrons. The molecule has 3 aromatic rings. The predicted molar refractivity (Wildman–Crippen MR) is 152 cm³/mol. The number of carboxylic acid groups (broad SMARTS) is 2. The first-order valence-electron chi connectivity index (χ1n) is 12.3. The number of para-hydroxylation sites is 2. The molecule has 7 N–H and O–H groups in total. The normalized spacial score (nSPS) is 11.4. The van der Waals surface area contributed by atoms with Gasteiger partial charge in [0.05, 0.1) is 51.1 Å². The number of carbonyl (C=O) groups is 2. The predicted octanol–water partition coefficient (Wildman–Crippen LogP) is 3.65. The van der Waals surface area contributed by atoms with Gasteiger partial charge in [0.2, 0.25) is 0 Å². The molecule has 11 nitrogen and oxygen atoms in total. The molecule has 11 heteroatoms. The van der Waals surface area contributed by atoms with E-state index in [4.69, 9.17) is 21.1 Å². The van der Waals surface area contributed by atoms with E-state index in [-0.39, 0.29) is 17.1 Å². The second-order valence-electron chi connectivity index (χ2n) is 8.88. The number of aromatic nitrogens is 2. The third-order valence-corrected chi connectivity index (χ3v) is 6.19. The largest absolute Gasteiger partial charge is 0.478 e. The minimum absolute atomic E-state index is 0.149. The van der Waals surface area contributed by atoms with Crippen molar-refractivity contribution >= 4 is 40.3 Å². The summed E-state index contributed by atoms with van der Waals surface area (Å²) in [7, 11) is 0. The van der Waals surface area contributed by atoms with Gasteiger partial charge in [-0.15, -0.1) is 0 Å². The molecule has 0 amide bonds. The molecule has 0 spiro atoms. The van der Waals surface area contributed by atoms with Crippen LogP contribution in [0.5, 0.6) is 0 Å². The summed E-state index contributed by atoms with van der Waals surface area (Å²) in [4.78, 5) is 32.3. The Balaban J connectivity index is 1.70. The van der Waals surface area contributed by atoms with E-state index in [9.17, 15) is 19.8 Å². The number of anilines is 2. The summed E-state index contributed by atoms with van der Waals surface area (Å²) in [5.74, 6) is -2.17. The molecule has 5 rings (SSSR count). The smallest absolute Gasteiger partial charge is 0.335 e. The zero-order valence-electron chi connectivity index (χ0n) is 21.1. The summed E-state index contributed by atoms with van der Waals surface area (Å²) < 4.78 is 2.00. The molecule has 2 aliphatic rings. The highest BCUT2D eigenvalue weighted by Gasteiger charge is 2.17. The van der Waals surface area contributed by atoms with Gasteiger partial charge >= 0.3 is 11.9 Å². The monoisotopic (exact) mass is 535 g/mol. The number of fused-ring (bicyclic) bond motifs is 2. The molecule has 1 aliphatic heterocycles. The zero-order chi connectivity index (χ0) is 28.2. The lowest BCUT2D eigenvalue weighted by atomic mass is 10.1. The maximum Gasteiger partial charge on any atom is 0.335 e. The minimum Gasteiger partial charge on any atom is -0.478 e. The molecular formula is C29H25N7O4. The maximum atomic E-state index is 11.4. The van der Waals surface area contributed by atoms with Crippen molar-refractivity contribution in [1.29, 1.82) is 5.41 Å². The highest BCUT2D eigenvalue weighted by atomic mass is 16.4. The number of hydrogen-bond acceptors (Lipinski definition) is 6. The van der Waals surface area contributed by atoms with Gasteiger partial charge in [0.25, 0.3) is 0 Å². The number of benzene rings is 4. The maximum absolute atomic E-state index is 11.4. The zero-order valence-corrected chi connectivity index (χ0v) is 21.1. The summed E-state index contributed by atoms with van der Waals surface area (Å²) in [6.07, 6.45) is 0. The molecule has 0 saturated carbocycles. The fraction of sp³-hybridized carbons (Fsp3) is 0.0690. The van der Waals surface area contributed by atoms with Crippen LogP contribution < -0.4 is 21.7 Å². The molecule has 1 heterocycles. The van der Waals surface area contributed by atoms with Crippen molar-refractivity contribution in [3.05, 3.63) is 101 Å². The van der Waals surface area contributed by atoms with Gasteiger partial charge in [-0.05, 0) is 72.8 Å². The summed E-state index contributed by atoms with van der Waals surface area (Å²) in [5.41, 5.74) is 10.8. The third kappa shape index (κ3) is 5.43. The Hall–Kier alpha value is -5.71. The molecular weight excluding hydrogens is 510 g/mol. The van der Waals surface area contributed by atoms with Crippen LogP contribution in [0.4, 0.5) is 11.4 Å². The molecule has 0 atom stereocenters. The molecule has 0 aromatic heterocycles. The average Bonchev–Trinajstić information content (AvgIpc) is 2.94. The SMILES string of the molecule is N=C(N)NCC/N=c1\cc2n(-c3ccc(C(=O)O)cc3)c3ccccc3nc-2cc1Nc1ccc(C(=O)O)cc1. The summed E-state index contributed by atoms with van der Waals surface area (Å²) in [6, 6.07) is 24.4. The molecule has 3 aromatic carbocycles.